The molecular weight excluding hydrogens is 252 g/mol. The Morgan fingerprint density at radius 3 is 2.74 bits per heavy atom. The summed E-state index contributed by atoms with van der Waals surface area (Å²) in [6.45, 7) is 0. The lowest BCUT2D eigenvalue weighted by molar-refractivity contribution is 0.574. The van der Waals surface area contributed by atoms with E-state index in [2.05, 4.69) is 21.4 Å². The number of aromatic nitrogens is 1. The van der Waals surface area contributed by atoms with Gasteiger partial charge in [-0.25, -0.2) is 13.8 Å². The van der Waals surface area contributed by atoms with Gasteiger partial charge in [0.15, 0.2) is 5.82 Å². The molecule has 0 radical (unpaired) electrons. The SMILES string of the molecule is Nc1cc(Cc2ccc(F)cc2F)c2c(n1)NNN2. The number of benzene rings is 1. The van der Waals surface area contributed by atoms with Crippen LogP contribution in [0.1, 0.15) is 11.1 Å². The summed E-state index contributed by atoms with van der Waals surface area (Å²) in [5.41, 5.74) is 15.9. The van der Waals surface area contributed by atoms with Crippen LogP contribution in [0.4, 0.5) is 26.1 Å². The number of hydrazine groups is 2. The number of halogens is 2. The minimum Gasteiger partial charge on any atom is -0.384 e. The van der Waals surface area contributed by atoms with Crippen molar-refractivity contribution in [1.29, 1.82) is 0 Å². The fourth-order valence-corrected chi connectivity index (χ4v) is 2.01. The number of fused-ring (bicyclic) bond motifs is 1. The number of nitrogens with zero attached hydrogens (tertiary/aromatic N) is 1. The molecule has 5 nitrogen and oxygen atoms in total. The van der Waals surface area contributed by atoms with Gasteiger partial charge in [-0.1, -0.05) is 6.07 Å². The van der Waals surface area contributed by atoms with Crippen LogP contribution in [0.5, 0.6) is 0 Å². The first-order chi connectivity index (χ1) is 9.13. The highest BCUT2D eigenvalue weighted by atomic mass is 19.1. The third-order valence-corrected chi connectivity index (χ3v) is 2.89. The van der Waals surface area contributed by atoms with Gasteiger partial charge in [-0.05, 0) is 23.3 Å². The van der Waals surface area contributed by atoms with E-state index in [1.54, 1.807) is 6.07 Å². The van der Waals surface area contributed by atoms with Crippen LogP contribution in [0.15, 0.2) is 24.3 Å². The maximum atomic E-state index is 13.6. The van der Waals surface area contributed by atoms with Gasteiger partial charge in [0.2, 0.25) is 0 Å². The van der Waals surface area contributed by atoms with Gasteiger partial charge >= 0.3 is 0 Å². The van der Waals surface area contributed by atoms with E-state index >= 15 is 0 Å². The van der Waals surface area contributed by atoms with E-state index in [9.17, 15) is 8.78 Å². The lowest BCUT2D eigenvalue weighted by atomic mass is 10.0. The van der Waals surface area contributed by atoms with Gasteiger partial charge in [-0.2, -0.15) is 0 Å². The van der Waals surface area contributed by atoms with Gasteiger partial charge in [0.1, 0.15) is 17.5 Å². The van der Waals surface area contributed by atoms with Crippen LogP contribution in [-0.2, 0) is 6.42 Å². The summed E-state index contributed by atoms with van der Waals surface area (Å²) < 4.78 is 26.5. The van der Waals surface area contributed by atoms with E-state index in [1.165, 1.54) is 12.1 Å². The zero-order valence-electron chi connectivity index (χ0n) is 9.80. The Morgan fingerprint density at radius 1 is 1.11 bits per heavy atom. The normalized spacial score (nSPS) is 12.7. The molecule has 0 amide bonds. The van der Waals surface area contributed by atoms with Crippen LogP contribution in [0.2, 0.25) is 0 Å². The zero-order valence-corrected chi connectivity index (χ0v) is 9.80. The second kappa shape index (κ2) is 4.36. The molecule has 1 aromatic heterocycles. The molecule has 1 aromatic carbocycles. The third kappa shape index (κ3) is 2.15. The van der Waals surface area contributed by atoms with Gasteiger partial charge in [0.05, 0.1) is 5.69 Å². The molecule has 0 saturated carbocycles. The molecule has 98 valence electrons. The Balaban J connectivity index is 1.99. The number of nitrogen functional groups attached to an aromatic ring is 1. The van der Waals surface area contributed by atoms with Crippen LogP contribution >= 0.6 is 0 Å². The van der Waals surface area contributed by atoms with Crippen molar-refractivity contribution in [3.8, 4) is 0 Å². The van der Waals surface area contributed by atoms with Crippen LogP contribution in [0.3, 0.4) is 0 Å². The second-order valence-corrected chi connectivity index (χ2v) is 4.22. The topological polar surface area (TPSA) is 75.0 Å². The summed E-state index contributed by atoms with van der Waals surface area (Å²) in [6, 6.07) is 5.17. The quantitative estimate of drug-likeness (QED) is 0.664. The highest BCUT2D eigenvalue weighted by Gasteiger charge is 2.17. The molecule has 0 fully saturated rings. The summed E-state index contributed by atoms with van der Waals surface area (Å²) >= 11 is 0. The molecule has 0 spiro atoms. The molecule has 0 bridgehead atoms. The Kier molecular flexibility index (Phi) is 2.68. The van der Waals surface area contributed by atoms with E-state index in [0.717, 1.165) is 11.6 Å². The number of nitrogens with one attached hydrogen (secondary N) is 3. The van der Waals surface area contributed by atoms with Crippen molar-refractivity contribution in [2.75, 3.05) is 16.6 Å². The number of pyridine rings is 1. The molecule has 7 heteroatoms. The molecule has 2 heterocycles. The summed E-state index contributed by atoms with van der Waals surface area (Å²) in [5.74, 6) is -0.294. The van der Waals surface area contributed by atoms with Gasteiger partial charge in [-0.3, -0.25) is 5.43 Å². The van der Waals surface area contributed by atoms with Crippen LogP contribution in [0, 0.1) is 11.6 Å². The first kappa shape index (κ1) is 11.7. The summed E-state index contributed by atoms with van der Waals surface area (Å²) in [6.07, 6.45) is 0.289. The molecule has 2 aromatic rings. The summed E-state index contributed by atoms with van der Waals surface area (Å²) in [5, 5.41) is 0. The van der Waals surface area contributed by atoms with Crippen molar-refractivity contribution < 1.29 is 8.78 Å². The Hall–Kier alpha value is -2.41. The summed E-state index contributed by atoms with van der Waals surface area (Å²) in [4.78, 5) is 4.08. The standard InChI is InChI=1S/C12H11F2N5/c13-8-2-1-6(9(14)5-8)3-7-4-10(15)16-12-11(7)17-19-18-12/h1-2,4-5,17,19H,3H2,(H3,15,16,18). The van der Waals surface area contributed by atoms with E-state index in [-0.39, 0.29) is 6.42 Å². The van der Waals surface area contributed by atoms with Gasteiger partial charge < -0.3 is 11.2 Å². The summed E-state index contributed by atoms with van der Waals surface area (Å²) in [7, 11) is 0. The van der Waals surface area contributed by atoms with Crippen LogP contribution in [-0.4, -0.2) is 4.98 Å². The highest BCUT2D eigenvalue weighted by molar-refractivity contribution is 5.74. The molecule has 19 heavy (non-hydrogen) atoms. The fraction of sp³-hybridized carbons (Fsp3) is 0.0833. The maximum absolute atomic E-state index is 13.6. The monoisotopic (exact) mass is 263 g/mol. The van der Waals surface area contributed by atoms with Crippen molar-refractivity contribution in [1.82, 2.24) is 10.5 Å². The molecule has 0 saturated heterocycles. The van der Waals surface area contributed by atoms with Gasteiger partial charge in [0.25, 0.3) is 0 Å². The van der Waals surface area contributed by atoms with Crippen molar-refractivity contribution in [2.24, 2.45) is 0 Å². The highest BCUT2D eigenvalue weighted by Crippen LogP contribution is 2.30. The Labute approximate surface area is 107 Å². The third-order valence-electron chi connectivity index (χ3n) is 2.89. The van der Waals surface area contributed by atoms with Gasteiger partial charge in [-0.15, -0.1) is 5.53 Å². The van der Waals surface area contributed by atoms with Crippen LogP contribution < -0.4 is 22.1 Å². The van der Waals surface area contributed by atoms with Crippen molar-refractivity contribution in [3.05, 3.63) is 47.0 Å². The number of hydrogen-bond acceptors (Lipinski definition) is 5. The van der Waals surface area contributed by atoms with Gasteiger partial charge in [0, 0.05) is 12.5 Å². The number of rotatable bonds is 2. The predicted molar refractivity (Wildman–Crippen MR) is 68.2 cm³/mol. The smallest absolute Gasteiger partial charge is 0.169 e. The average Bonchev–Trinajstić information content (AvgIpc) is 2.80. The molecule has 0 unspecified atom stereocenters. The lowest BCUT2D eigenvalue weighted by Crippen LogP contribution is -2.19. The zero-order chi connectivity index (χ0) is 13.4. The number of hydrogen-bond donors (Lipinski definition) is 4. The Bertz CT molecular complexity index is 644. The maximum Gasteiger partial charge on any atom is 0.169 e. The minimum absolute atomic E-state index is 0.289. The molecule has 1 aliphatic rings. The number of nitrogens with two attached hydrogens (primary N) is 1. The Morgan fingerprint density at radius 2 is 1.95 bits per heavy atom. The van der Waals surface area contributed by atoms with Crippen LogP contribution in [0.25, 0.3) is 0 Å². The fourth-order valence-electron chi connectivity index (χ4n) is 2.01. The van der Waals surface area contributed by atoms with Crippen molar-refractivity contribution in [2.45, 2.75) is 6.42 Å². The largest absolute Gasteiger partial charge is 0.384 e. The molecule has 3 rings (SSSR count). The van der Waals surface area contributed by atoms with E-state index < -0.39 is 11.6 Å². The van der Waals surface area contributed by atoms with E-state index in [0.29, 0.717) is 22.9 Å². The molecule has 0 atom stereocenters. The van der Waals surface area contributed by atoms with E-state index in [4.69, 9.17) is 5.73 Å². The molecule has 5 N–H and O–H groups in total. The molecule has 1 aliphatic heterocycles. The molecule has 0 aliphatic carbocycles. The van der Waals surface area contributed by atoms with E-state index in [1.807, 2.05) is 0 Å². The average molecular weight is 263 g/mol. The minimum atomic E-state index is -0.595. The number of anilines is 3. The molecular formula is C12H11F2N5. The van der Waals surface area contributed by atoms with Crippen molar-refractivity contribution >= 4 is 17.3 Å². The predicted octanol–water partition coefficient (Wildman–Crippen LogP) is 1.79. The second-order valence-electron chi connectivity index (χ2n) is 4.22. The lowest BCUT2D eigenvalue weighted by Gasteiger charge is -2.09. The first-order valence-electron chi connectivity index (χ1n) is 5.64. The first-order valence-corrected chi connectivity index (χ1v) is 5.64. The van der Waals surface area contributed by atoms with Crippen molar-refractivity contribution in [3.63, 3.8) is 0 Å².